The van der Waals surface area contributed by atoms with Gasteiger partial charge in [0.25, 0.3) is 0 Å². The molecule has 0 atom stereocenters. The number of carboxylic acids is 1. The first kappa shape index (κ1) is 9.50. The number of hydrogen-bond donors (Lipinski definition) is 1. The molecule has 1 rings (SSSR count). The summed E-state index contributed by atoms with van der Waals surface area (Å²) in [4.78, 5) is 17.0. The number of aliphatic carboxylic acids is 1. The molecular weight excluding hydrogens is 182 g/mol. The largest absolute Gasteiger partial charge is 0.477 e. The second-order valence-electron chi connectivity index (χ2n) is 2.35. The van der Waals surface area contributed by atoms with E-state index in [0.29, 0.717) is 0 Å². The predicted molar refractivity (Wildman–Crippen MR) is 38.3 cm³/mol. The fraction of sp³-hybridized carbons (Fsp3) is 0.286. The Morgan fingerprint density at radius 2 is 2.00 bits per heavy atom. The molecule has 0 bridgehead atoms. The van der Waals surface area contributed by atoms with E-state index in [4.69, 9.17) is 5.11 Å². The van der Waals surface area contributed by atoms with Gasteiger partial charge in [0, 0.05) is 12.4 Å². The minimum Gasteiger partial charge on any atom is -0.477 e. The third-order valence-corrected chi connectivity index (χ3v) is 1.31. The van der Waals surface area contributed by atoms with Gasteiger partial charge >= 0.3 is 11.9 Å². The number of hydrogen-bond acceptors (Lipinski definition) is 3. The van der Waals surface area contributed by atoms with Crippen molar-refractivity contribution in [3.63, 3.8) is 0 Å². The summed E-state index contributed by atoms with van der Waals surface area (Å²) in [6, 6.07) is 1.46. The maximum absolute atomic E-state index is 12.6. The van der Waals surface area contributed by atoms with E-state index >= 15 is 0 Å². The predicted octanol–water partition coefficient (Wildman–Crippen LogP) is 0.739. The third kappa shape index (κ3) is 2.43. The smallest absolute Gasteiger partial charge is 0.375 e. The summed E-state index contributed by atoms with van der Waals surface area (Å²) in [5.41, 5.74) is 0. The molecule has 6 heteroatoms. The summed E-state index contributed by atoms with van der Waals surface area (Å²) in [5, 5.41) is 8.10. The molecule has 70 valence electrons. The zero-order chi connectivity index (χ0) is 9.90. The summed E-state index contributed by atoms with van der Waals surface area (Å²) in [7, 11) is 0. The molecule has 0 aliphatic heterocycles. The van der Waals surface area contributed by atoms with Crippen molar-refractivity contribution in [2.45, 2.75) is 12.3 Å². The van der Waals surface area contributed by atoms with Crippen LogP contribution in [0.1, 0.15) is 5.82 Å². The summed E-state index contributed by atoms with van der Waals surface area (Å²) in [6.07, 6.45) is 1.57. The summed E-state index contributed by atoms with van der Waals surface area (Å²) >= 11 is 0. The maximum atomic E-state index is 12.6. The van der Waals surface area contributed by atoms with Gasteiger partial charge in [0.15, 0.2) is 0 Å². The van der Waals surface area contributed by atoms with Crippen LogP contribution in [0, 0.1) is 0 Å². The molecule has 0 aliphatic carbocycles. The zero-order valence-electron chi connectivity index (χ0n) is 6.44. The lowest BCUT2D eigenvalue weighted by Crippen LogP contribution is -2.31. The van der Waals surface area contributed by atoms with E-state index in [0.717, 1.165) is 0 Å². The molecule has 0 aromatic carbocycles. The summed E-state index contributed by atoms with van der Waals surface area (Å²) < 4.78 is 25.1. The lowest BCUT2D eigenvalue weighted by molar-refractivity contribution is -0.164. The van der Waals surface area contributed by atoms with Crippen molar-refractivity contribution in [3.8, 4) is 0 Å². The SMILES string of the molecule is O=C(O)C(F)(F)Cc1ncccn1. The Morgan fingerprint density at radius 1 is 1.46 bits per heavy atom. The van der Waals surface area contributed by atoms with Crippen LogP contribution in [0.15, 0.2) is 18.5 Å². The molecule has 0 radical (unpaired) electrons. The Bertz CT molecular complexity index is 303. The highest BCUT2D eigenvalue weighted by molar-refractivity contribution is 5.75. The van der Waals surface area contributed by atoms with Crippen LogP contribution in [0.25, 0.3) is 0 Å². The van der Waals surface area contributed by atoms with Crippen LogP contribution in [0.3, 0.4) is 0 Å². The average Bonchev–Trinajstić information content (AvgIpc) is 2.05. The van der Waals surface area contributed by atoms with Gasteiger partial charge in [0.05, 0.1) is 6.42 Å². The molecule has 4 nitrogen and oxygen atoms in total. The molecule has 1 aromatic rings. The van der Waals surface area contributed by atoms with Crippen LogP contribution in [0.5, 0.6) is 0 Å². The fourth-order valence-corrected chi connectivity index (χ4v) is 0.695. The molecule has 0 aliphatic rings. The van der Waals surface area contributed by atoms with Gasteiger partial charge in [0.1, 0.15) is 5.82 Å². The van der Waals surface area contributed by atoms with Gasteiger partial charge in [-0.15, -0.1) is 0 Å². The van der Waals surface area contributed by atoms with E-state index in [1.165, 1.54) is 18.5 Å². The lowest BCUT2D eigenvalue weighted by Gasteiger charge is -2.08. The van der Waals surface area contributed by atoms with Gasteiger partial charge < -0.3 is 5.11 Å². The van der Waals surface area contributed by atoms with Crippen molar-refractivity contribution < 1.29 is 18.7 Å². The van der Waals surface area contributed by atoms with Crippen LogP contribution < -0.4 is 0 Å². The van der Waals surface area contributed by atoms with Crippen LogP contribution in [0.4, 0.5) is 8.78 Å². The van der Waals surface area contributed by atoms with Crippen molar-refractivity contribution in [1.29, 1.82) is 0 Å². The minimum absolute atomic E-state index is 0.185. The van der Waals surface area contributed by atoms with Gasteiger partial charge in [-0.3, -0.25) is 0 Å². The van der Waals surface area contributed by atoms with E-state index in [9.17, 15) is 13.6 Å². The number of rotatable bonds is 3. The van der Waals surface area contributed by atoms with Crippen LogP contribution in [0.2, 0.25) is 0 Å². The zero-order valence-corrected chi connectivity index (χ0v) is 6.44. The van der Waals surface area contributed by atoms with Crippen LogP contribution >= 0.6 is 0 Å². The molecule has 1 aromatic heterocycles. The molecule has 0 spiro atoms. The van der Waals surface area contributed by atoms with Crippen molar-refractivity contribution in [1.82, 2.24) is 9.97 Å². The Labute approximate surface area is 72.3 Å². The molecule has 0 unspecified atom stereocenters. The van der Waals surface area contributed by atoms with Crippen molar-refractivity contribution in [3.05, 3.63) is 24.3 Å². The van der Waals surface area contributed by atoms with Crippen molar-refractivity contribution in [2.24, 2.45) is 0 Å². The van der Waals surface area contributed by atoms with Crippen LogP contribution in [-0.4, -0.2) is 27.0 Å². The number of nitrogens with zero attached hydrogens (tertiary/aromatic N) is 2. The van der Waals surface area contributed by atoms with E-state index in [1.54, 1.807) is 0 Å². The van der Waals surface area contributed by atoms with Crippen molar-refractivity contribution in [2.75, 3.05) is 0 Å². The van der Waals surface area contributed by atoms with E-state index in [1.807, 2.05) is 0 Å². The Hall–Kier alpha value is -1.59. The van der Waals surface area contributed by atoms with E-state index in [2.05, 4.69) is 9.97 Å². The minimum atomic E-state index is -3.80. The highest BCUT2D eigenvalue weighted by Gasteiger charge is 2.39. The second kappa shape index (κ2) is 3.42. The maximum Gasteiger partial charge on any atom is 0.375 e. The van der Waals surface area contributed by atoms with Gasteiger partial charge in [-0.05, 0) is 6.07 Å². The normalized spacial score (nSPS) is 11.2. The molecule has 13 heavy (non-hydrogen) atoms. The molecule has 1 N–H and O–H groups in total. The first-order chi connectivity index (χ1) is 6.02. The number of carboxylic acid groups (broad SMARTS) is 1. The first-order valence-electron chi connectivity index (χ1n) is 3.39. The topological polar surface area (TPSA) is 63.1 Å². The standard InChI is InChI=1S/C7H6F2N2O2/c8-7(9,6(12)13)4-5-10-2-1-3-11-5/h1-3H,4H2,(H,12,13). The summed E-state index contributed by atoms with van der Waals surface area (Å²) in [5.74, 6) is -6.16. The molecule has 0 saturated carbocycles. The average molecular weight is 188 g/mol. The summed E-state index contributed by atoms with van der Waals surface area (Å²) in [6.45, 7) is 0. The highest BCUT2D eigenvalue weighted by atomic mass is 19.3. The third-order valence-electron chi connectivity index (χ3n) is 1.31. The number of halogens is 2. The monoisotopic (exact) mass is 188 g/mol. The van der Waals surface area contributed by atoms with Gasteiger partial charge in [-0.25, -0.2) is 14.8 Å². The molecular formula is C7H6F2N2O2. The van der Waals surface area contributed by atoms with Crippen molar-refractivity contribution >= 4 is 5.97 Å². The fourth-order valence-electron chi connectivity index (χ4n) is 0.695. The van der Waals surface area contributed by atoms with E-state index in [-0.39, 0.29) is 5.82 Å². The van der Waals surface area contributed by atoms with Gasteiger partial charge in [-0.2, -0.15) is 8.78 Å². The highest BCUT2D eigenvalue weighted by Crippen LogP contribution is 2.17. The number of alkyl halides is 2. The molecule has 0 saturated heterocycles. The lowest BCUT2D eigenvalue weighted by atomic mass is 10.2. The molecule has 1 heterocycles. The molecule has 0 amide bonds. The number of carbonyl (C=O) groups is 1. The quantitative estimate of drug-likeness (QED) is 0.759. The Kier molecular flexibility index (Phi) is 2.50. The number of aromatic nitrogens is 2. The van der Waals surface area contributed by atoms with Gasteiger partial charge in [0.2, 0.25) is 0 Å². The van der Waals surface area contributed by atoms with E-state index < -0.39 is 18.3 Å². The Morgan fingerprint density at radius 3 is 2.46 bits per heavy atom. The Balaban J connectivity index is 2.75. The molecule has 0 fully saturated rings. The second-order valence-corrected chi connectivity index (χ2v) is 2.35. The van der Waals surface area contributed by atoms with Crippen LogP contribution in [-0.2, 0) is 11.2 Å². The van der Waals surface area contributed by atoms with Gasteiger partial charge in [-0.1, -0.05) is 0 Å². The first-order valence-corrected chi connectivity index (χ1v) is 3.39.